The molecule has 0 radical (unpaired) electrons. The van der Waals surface area contributed by atoms with Crippen molar-refractivity contribution in [3.05, 3.63) is 59.4 Å². The fourth-order valence-electron chi connectivity index (χ4n) is 3.53. The number of pyridine rings is 1. The highest BCUT2D eigenvalue weighted by Crippen LogP contribution is 2.20. The van der Waals surface area contributed by atoms with E-state index in [0.29, 0.717) is 12.1 Å². The third-order valence-electron chi connectivity index (χ3n) is 4.92. The average molecular weight is 379 g/mol. The summed E-state index contributed by atoms with van der Waals surface area (Å²) in [5.74, 6) is 0.830. The largest absolute Gasteiger partial charge is 0.361 e. The fraction of sp³-hybridized carbons (Fsp3) is 0.391. The number of aromatic nitrogens is 2. The molecular formula is C23H30N4O. The quantitative estimate of drug-likeness (QED) is 0.577. The van der Waals surface area contributed by atoms with Crippen LogP contribution in [0.2, 0.25) is 0 Å². The number of hydrogen-bond donors (Lipinski definition) is 2. The standard InChI is InChI=1S/C23H30N4O/c1-4-12-27(13-5-2)22-15-18(8-10-24-22)23(28)25-11-9-19-16-26-21-7-6-17(3)14-20(19)21/h6-8,10,14-16,26H,4-5,9,11-13H2,1-3H3,(H,25,28). The first-order chi connectivity index (χ1) is 13.6. The van der Waals surface area contributed by atoms with E-state index in [1.54, 1.807) is 12.3 Å². The van der Waals surface area contributed by atoms with Gasteiger partial charge in [0.15, 0.2) is 0 Å². The number of fused-ring (bicyclic) bond motifs is 1. The van der Waals surface area contributed by atoms with Crippen LogP contribution in [0.5, 0.6) is 0 Å². The van der Waals surface area contributed by atoms with Crippen LogP contribution in [0.3, 0.4) is 0 Å². The Kier molecular flexibility index (Phi) is 6.69. The number of nitrogens with one attached hydrogen (secondary N) is 2. The molecule has 0 aliphatic carbocycles. The van der Waals surface area contributed by atoms with Gasteiger partial charge in [-0.05, 0) is 56.0 Å². The summed E-state index contributed by atoms with van der Waals surface area (Å²) in [7, 11) is 0. The third kappa shape index (κ3) is 4.71. The molecule has 3 rings (SSSR count). The topological polar surface area (TPSA) is 61.0 Å². The van der Waals surface area contributed by atoms with Gasteiger partial charge in [-0.15, -0.1) is 0 Å². The molecule has 3 aromatic rings. The lowest BCUT2D eigenvalue weighted by atomic mass is 10.1. The number of H-pyrrole nitrogens is 1. The van der Waals surface area contributed by atoms with Gasteiger partial charge in [-0.3, -0.25) is 4.79 Å². The Hall–Kier alpha value is -2.82. The molecule has 0 unspecified atom stereocenters. The number of carbonyl (C=O) groups excluding carboxylic acids is 1. The number of nitrogens with zero attached hydrogens (tertiary/aromatic N) is 2. The number of anilines is 1. The van der Waals surface area contributed by atoms with E-state index in [0.717, 1.165) is 43.7 Å². The third-order valence-corrected chi connectivity index (χ3v) is 4.92. The predicted octanol–water partition coefficient (Wildman–Crippen LogP) is 4.47. The van der Waals surface area contributed by atoms with Gasteiger partial charge >= 0.3 is 0 Å². The number of rotatable bonds is 9. The van der Waals surface area contributed by atoms with Crippen LogP contribution in [0.15, 0.2) is 42.7 Å². The maximum Gasteiger partial charge on any atom is 0.251 e. The fourth-order valence-corrected chi connectivity index (χ4v) is 3.53. The second kappa shape index (κ2) is 9.40. The Morgan fingerprint density at radius 3 is 2.68 bits per heavy atom. The lowest BCUT2D eigenvalue weighted by molar-refractivity contribution is 0.0954. The molecule has 1 amide bonds. The zero-order valence-corrected chi connectivity index (χ0v) is 17.1. The summed E-state index contributed by atoms with van der Waals surface area (Å²) in [6.45, 7) is 8.92. The van der Waals surface area contributed by atoms with Crippen LogP contribution in [0.4, 0.5) is 5.82 Å². The molecule has 0 atom stereocenters. The van der Waals surface area contributed by atoms with Gasteiger partial charge in [0, 0.05) is 48.5 Å². The summed E-state index contributed by atoms with van der Waals surface area (Å²) in [6.07, 6.45) is 6.68. The van der Waals surface area contributed by atoms with Crippen LogP contribution in [0.25, 0.3) is 10.9 Å². The molecular weight excluding hydrogens is 348 g/mol. The van der Waals surface area contributed by atoms with E-state index in [-0.39, 0.29) is 5.91 Å². The van der Waals surface area contributed by atoms with E-state index in [1.165, 1.54) is 16.5 Å². The minimum absolute atomic E-state index is 0.0485. The smallest absolute Gasteiger partial charge is 0.251 e. The van der Waals surface area contributed by atoms with Crippen molar-refractivity contribution in [1.82, 2.24) is 15.3 Å². The van der Waals surface area contributed by atoms with Crippen molar-refractivity contribution in [2.45, 2.75) is 40.0 Å². The highest BCUT2D eigenvalue weighted by Gasteiger charge is 2.11. The normalized spacial score (nSPS) is 11.0. The van der Waals surface area contributed by atoms with E-state index in [2.05, 4.69) is 59.2 Å². The molecule has 1 aromatic carbocycles. The molecule has 5 heteroatoms. The van der Waals surface area contributed by atoms with E-state index < -0.39 is 0 Å². The average Bonchev–Trinajstić information content (AvgIpc) is 3.10. The van der Waals surface area contributed by atoms with Gasteiger partial charge in [-0.2, -0.15) is 0 Å². The number of amides is 1. The molecule has 28 heavy (non-hydrogen) atoms. The summed E-state index contributed by atoms with van der Waals surface area (Å²) in [6, 6.07) is 10.1. The van der Waals surface area contributed by atoms with Crippen molar-refractivity contribution in [3.63, 3.8) is 0 Å². The maximum absolute atomic E-state index is 12.6. The van der Waals surface area contributed by atoms with Crippen molar-refractivity contribution in [2.75, 3.05) is 24.5 Å². The molecule has 2 aromatic heterocycles. The lowest BCUT2D eigenvalue weighted by Crippen LogP contribution is -2.28. The SMILES string of the molecule is CCCN(CCC)c1cc(C(=O)NCCc2c[nH]c3ccc(C)cc23)ccn1. The zero-order chi connectivity index (χ0) is 19.9. The van der Waals surface area contributed by atoms with Gasteiger partial charge in [-0.1, -0.05) is 25.5 Å². The number of benzene rings is 1. The van der Waals surface area contributed by atoms with Crippen molar-refractivity contribution in [1.29, 1.82) is 0 Å². The van der Waals surface area contributed by atoms with Crippen LogP contribution >= 0.6 is 0 Å². The van der Waals surface area contributed by atoms with Crippen LogP contribution in [0, 0.1) is 6.92 Å². The molecule has 0 fully saturated rings. The molecule has 0 aliphatic rings. The summed E-state index contributed by atoms with van der Waals surface area (Å²) < 4.78 is 0. The summed E-state index contributed by atoms with van der Waals surface area (Å²) in [4.78, 5) is 22.6. The van der Waals surface area contributed by atoms with Gasteiger partial charge in [0.2, 0.25) is 0 Å². The molecule has 5 nitrogen and oxygen atoms in total. The van der Waals surface area contributed by atoms with Gasteiger partial charge in [0.1, 0.15) is 5.82 Å². The Labute approximate surface area is 167 Å². The Balaban J connectivity index is 1.63. The molecule has 148 valence electrons. The van der Waals surface area contributed by atoms with Gasteiger partial charge in [0.05, 0.1) is 0 Å². The van der Waals surface area contributed by atoms with E-state index in [4.69, 9.17) is 0 Å². The first kappa shape index (κ1) is 19.9. The Morgan fingerprint density at radius 2 is 1.93 bits per heavy atom. The van der Waals surface area contributed by atoms with Gasteiger partial charge in [0.25, 0.3) is 5.91 Å². The van der Waals surface area contributed by atoms with Gasteiger partial charge < -0.3 is 15.2 Å². The first-order valence-electron chi connectivity index (χ1n) is 10.2. The highest BCUT2D eigenvalue weighted by atomic mass is 16.1. The summed E-state index contributed by atoms with van der Waals surface area (Å²) in [5.41, 5.74) is 4.27. The second-order valence-corrected chi connectivity index (χ2v) is 7.26. The molecule has 0 spiro atoms. The first-order valence-corrected chi connectivity index (χ1v) is 10.2. The van der Waals surface area contributed by atoms with Crippen LogP contribution < -0.4 is 10.2 Å². The van der Waals surface area contributed by atoms with Crippen molar-refractivity contribution in [3.8, 4) is 0 Å². The minimum atomic E-state index is -0.0485. The number of aromatic amines is 1. The monoisotopic (exact) mass is 378 g/mol. The van der Waals surface area contributed by atoms with Crippen molar-refractivity contribution in [2.24, 2.45) is 0 Å². The van der Waals surface area contributed by atoms with Crippen molar-refractivity contribution < 1.29 is 4.79 Å². The zero-order valence-electron chi connectivity index (χ0n) is 17.1. The van der Waals surface area contributed by atoms with E-state index in [9.17, 15) is 4.79 Å². The molecule has 0 aliphatic heterocycles. The summed E-state index contributed by atoms with van der Waals surface area (Å²) >= 11 is 0. The number of aryl methyl sites for hydroxylation is 1. The minimum Gasteiger partial charge on any atom is -0.361 e. The Morgan fingerprint density at radius 1 is 1.14 bits per heavy atom. The molecule has 2 N–H and O–H groups in total. The maximum atomic E-state index is 12.6. The predicted molar refractivity (Wildman–Crippen MR) is 116 cm³/mol. The van der Waals surface area contributed by atoms with Crippen LogP contribution in [-0.4, -0.2) is 35.5 Å². The van der Waals surface area contributed by atoms with E-state index in [1.807, 2.05) is 12.3 Å². The summed E-state index contributed by atoms with van der Waals surface area (Å²) in [5, 5.41) is 4.28. The van der Waals surface area contributed by atoms with E-state index >= 15 is 0 Å². The van der Waals surface area contributed by atoms with Crippen molar-refractivity contribution >= 4 is 22.6 Å². The molecule has 2 heterocycles. The number of carbonyl (C=O) groups is 1. The van der Waals surface area contributed by atoms with Crippen LogP contribution in [-0.2, 0) is 6.42 Å². The van der Waals surface area contributed by atoms with Gasteiger partial charge in [-0.25, -0.2) is 4.98 Å². The molecule has 0 saturated heterocycles. The highest BCUT2D eigenvalue weighted by molar-refractivity contribution is 5.94. The Bertz CT molecular complexity index is 925. The molecule has 0 bridgehead atoms. The van der Waals surface area contributed by atoms with Crippen LogP contribution in [0.1, 0.15) is 48.2 Å². The lowest BCUT2D eigenvalue weighted by Gasteiger charge is -2.22. The number of hydrogen-bond acceptors (Lipinski definition) is 3. The second-order valence-electron chi connectivity index (χ2n) is 7.26. The molecule has 0 saturated carbocycles.